The first-order valence-corrected chi connectivity index (χ1v) is 12.6. The fraction of sp³-hybridized carbons (Fsp3) is 0.200. The number of rotatable bonds is 9. The Hall–Kier alpha value is -3.28. The van der Waals surface area contributed by atoms with Crippen LogP contribution in [0.25, 0.3) is 22.5 Å². The topological polar surface area (TPSA) is 112 Å². The summed E-state index contributed by atoms with van der Waals surface area (Å²) in [6.07, 6.45) is 1.52. The Morgan fingerprint density at radius 1 is 0.950 bits per heavy atom. The Morgan fingerprint density at radius 3 is 2.25 bits per heavy atom. The average molecular weight is 565 g/mol. The maximum atomic E-state index is 13.6. The van der Waals surface area contributed by atoms with Gasteiger partial charge in [-0.05, 0) is 54.3 Å². The Kier molecular flexibility index (Phi) is 9.93. The summed E-state index contributed by atoms with van der Waals surface area (Å²) in [5.74, 6) is 1.91. The normalized spacial score (nSPS) is 10.7. The van der Waals surface area contributed by atoms with Crippen LogP contribution in [0, 0.1) is 6.92 Å². The maximum absolute atomic E-state index is 13.6. The van der Waals surface area contributed by atoms with Crippen molar-refractivity contribution in [2.45, 2.75) is 33.2 Å². The van der Waals surface area contributed by atoms with E-state index in [9.17, 15) is 9.59 Å². The Labute approximate surface area is 275 Å². The summed E-state index contributed by atoms with van der Waals surface area (Å²) < 4.78 is 17.6. The fourth-order valence-corrected chi connectivity index (χ4v) is 4.42. The van der Waals surface area contributed by atoms with Gasteiger partial charge in [-0.15, -0.1) is 0 Å². The van der Waals surface area contributed by atoms with Crippen molar-refractivity contribution in [3.8, 4) is 39.8 Å². The first kappa shape index (κ1) is 29.7. The second-order valence-electron chi connectivity index (χ2n) is 9.05. The van der Waals surface area contributed by atoms with Gasteiger partial charge in [-0.1, -0.05) is 60.6 Å². The van der Waals surface area contributed by atoms with E-state index in [1.807, 2.05) is 48.5 Å². The number of hydrogen-bond donors (Lipinski definition) is 1. The van der Waals surface area contributed by atoms with Crippen LogP contribution < -0.4 is 72.2 Å². The predicted octanol–water partition coefficient (Wildman–Crippen LogP) is 2.48. The van der Waals surface area contributed by atoms with Crippen LogP contribution in [0.3, 0.4) is 0 Å². The molecule has 0 aliphatic carbocycles. The van der Waals surface area contributed by atoms with E-state index in [4.69, 9.17) is 14.5 Å². The van der Waals surface area contributed by atoms with Gasteiger partial charge in [-0.2, -0.15) is 0 Å². The van der Waals surface area contributed by atoms with Gasteiger partial charge in [-0.25, -0.2) is 9.78 Å². The van der Waals surface area contributed by atoms with E-state index in [2.05, 4.69) is 21.6 Å². The summed E-state index contributed by atoms with van der Waals surface area (Å²) in [5.41, 5.74) is 3.83. The van der Waals surface area contributed by atoms with Crippen LogP contribution >= 0.6 is 0 Å². The SMILES string of the molecule is CCCc1nc(C)c(Oc2ccc(OC)cc2)c(=O)n1Cc1ccc(-c2ccccc2-c2noc(=O)[nH]2)cc1.[H-].[K+]. The zero-order valence-corrected chi connectivity index (χ0v) is 26.1. The monoisotopic (exact) mass is 564 g/mol. The van der Waals surface area contributed by atoms with E-state index >= 15 is 0 Å². The van der Waals surface area contributed by atoms with Gasteiger partial charge in [-0.3, -0.25) is 18.9 Å². The van der Waals surface area contributed by atoms with E-state index in [0.29, 0.717) is 41.8 Å². The van der Waals surface area contributed by atoms with E-state index in [-0.39, 0.29) is 64.1 Å². The van der Waals surface area contributed by atoms with Gasteiger partial charge < -0.3 is 10.9 Å². The molecule has 5 aromatic rings. The molecule has 0 atom stereocenters. The van der Waals surface area contributed by atoms with Gasteiger partial charge in [0.05, 0.1) is 19.3 Å². The Balaban J connectivity index is 0.00000231. The number of H-pyrrole nitrogens is 1. The van der Waals surface area contributed by atoms with E-state index < -0.39 is 5.76 Å². The van der Waals surface area contributed by atoms with Crippen molar-refractivity contribution in [2.24, 2.45) is 0 Å². The molecule has 40 heavy (non-hydrogen) atoms. The molecular weight excluding hydrogens is 535 g/mol. The third kappa shape index (κ3) is 6.53. The molecule has 0 spiro atoms. The first-order valence-electron chi connectivity index (χ1n) is 12.6. The van der Waals surface area contributed by atoms with E-state index in [1.165, 1.54) is 0 Å². The number of nitrogens with one attached hydrogen (secondary N) is 1. The molecule has 200 valence electrons. The van der Waals surface area contributed by atoms with Crippen molar-refractivity contribution in [1.82, 2.24) is 19.7 Å². The summed E-state index contributed by atoms with van der Waals surface area (Å²) in [6.45, 7) is 4.19. The number of ether oxygens (including phenoxy) is 2. The average Bonchev–Trinajstić information content (AvgIpc) is 3.40. The van der Waals surface area contributed by atoms with Crippen LogP contribution in [0.5, 0.6) is 17.2 Å². The van der Waals surface area contributed by atoms with Gasteiger partial charge in [0.25, 0.3) is 5.56 Å². The zero-order valence-electron chi connectivity index (χ0n) is 23.9. The van der Waals surface area contributed by atoms with Gasteiger partial charge >= 0.3 is 57.1 Å². The van der Waals surface area contributed by atoms with Crippen molar-refractivity contribution in [3.63, 3.8) is 0 Å². The van der Waals surface area contributed by atoms with E-state index in [0.717, 1.165) is 28.7 Å². The summed E-state index contributed by atoms with van der Waals surface area (Å²) in [5, 5.41) is 3.83. The maximum Gasteiger partial charge on any atom is 1.00 e. The molecule has 2 aromatic heterocycles. The molecule has 10 heteroatoms. The van der Waals surface area contributed by atoms with Crippen LogP contribution in [0.1, 0.15) is 31.9 Å². The quantitative estimate of drug-likeness (QED) is 0.274. The minimum atomic E-state index is -0.606. The molecule has 0 bridgehead atoms. The number of nitrogens with zero attached hydrogens (tertiary/aromatic N) is 3. The number of aromatic nitrogens is 4. The van der Waals surface area contributed by atoms with Gasteiger partial charge in [0.1, 0.15) is 17.3 Å². The van der Waals surface area contributed by atoms with Crippen molar-refractivity contribution < 1.29 is 66.8 Å². The van der Waals surface area contributed by atoms with Crippen molar-refractivity contribution in [2.75, 3.05) is 7.11 Å². The van der Waals surface area contributed by atoms with Crippen LogP contribution in [-0.2, 0) is 13.0 Å². The molecule has 2 heterocycles. The molecule has 0 aliphatic heterocycles. The number of methoxy groups -OCH3 is 1. The van der Waals surface area contributed by atoms with Gasteiger partial charge in [0.2, 0.25) is 5.75 Å². The first-order chi connectivity index (χ1) is 19.0. The third-order valence-electron chi connectivity index (χ3n) is 6.36. The molecule has 0 radical (unpaired) electrons. The van der Waals surface area contributed by atoms with Crippen LogP contribution in [0.15, 0.2) is 86.9 Å². The molecule has 5 rings (SSSR count). The standard InChI is InChI=1S/C30H28N4O5.K.H/c1-4-7-26-31-19(2)27(38-23-16-14-22(37-3)15-17-23)29(35)34(26)18-20-10-12-21(13-11-20)24-8-5-6-9-25(24)28-32-30(36)39-33-28;;/h5-6,8-17H,4,7,18H2,1-3H3,(H,32,33,36);;/q;+1;-1. The van der Waals surface area contributed by atoms with Crippen LogP contribution in [0.2, 0.25) is 0 Å². The molecule has 0 amide bonds. The third-order valence-corrected chi connectivity index (χ3v) is 6.36. The Morgan fingerprint density at radius 2 is 1.62 bits per heavy atom. The molecule has 0 saturated heterocycles. The van der Waals surface area contributed by atoms with E-state index in [1.54, 1.807) is 42.9 Å². The number of aryl methyl sites for hydroxylation is 2. The second kappa shape index (κ2) is 13.4. The zero-order chi connectivity index (χ0) is 27.4. The molecule has 0 fully saturated rings. The minimum Gasteiger partial charge on any atom is -1.00 e. The molecule has 3 aromatic carbocycles. The number of aromatic amines is 1. The van der Waals surface area contributed by atoms with Crippen molar-refractivity contribution in [3.05, 3.63) is 111 Å². The molecular formula is C30H29KN4O5. The van der Waals surface area contributed by atoms with Crippen LogP contribution in [-0.4, -0.2) is 26.8 Å². The summed E-state index contributed by atoms with van der Waals surface area (Å²) in [6, 6.07) is 22.6. The summed E-state index contributed by atoms with van der Waals surface area (Å²) >= 11 is 0. The molecule has 1 N–H and O–H groups in total. The summed E-state index contributed by atoms with van der Waals surface area (Å²) in [7, 11) is 1.60. The smallest absolute Gasteiger partial charge is 1.00 e. The van der Waals surface area contributed by atoms with Crippen LogP contribution in [0.4, 0.5) is 0 Å². The largest absolute Gasteiger partial charge is 1.00 e. The molecule has 0 aliphatic rings. The Bertz CT molecular complexity index is 1710. The summed E-state index contributed by atoms with van der Waals surface area (Å²) in [4.78, 5) is 32.4. The molecule has 0 saturated carbocycles. The number of hydrogen-bond acceptors (Lipinski definition) is 7. The van der Waals surface area contributed by atoms with Gasteiger partial charge in [0.15, 0.2) is 5.82 Å². The minimum absolute atomic E-state index is 0. The van der Waals surface area contributed by atoms with Crippen molar-refractivity contribution >= 4 is 0 Å². The second-order valence-corrected chi connectivity index (χ2v) is 9.05. The van der Waals surface area contributed by atoms with Crippen molar-refractivity contribution in [1.29, 1.82) is 0 Å². The predicted molar refractivity (Wildman–Crippen MR) is 149 cm³/mol. The fourth-order valence-electron chi connectivity index (χ4n) is 4.42. The molecule has 0 unspecified atom stereocenters. The van der Waals surface area contributed by atoms with Gasteiger partial charge in [0, 0.05) is 12.0 Å². The number of benzene rings is 3. The molecule has 9 nitrogen and oxygen atoms in total.